The van der Waals surface area contributed by atoms with Gasteiger partial charge in [-0.2, -0.15) is 0 Å². The van der Waals surface area contributed by atoms with Crippen LogP contribution >= 0.6 is 0 Å². The van der Waals surface area contributed by atoms with Gasteiger partial charge >= 0.3 is 0 Å². The molecule has 0 N–H and O–H groups in total. The first-order valence-electron chi connectivity index (χ1n) is 2.39. The van der Waals surface area contributed by atoms with Crippen molar-refractivity contribution in [3.63, 3.8) is 0 Å². The lowest BCUT2D eigenvalue weighted by molar-refractivity contribution is -0.112. The van der Waals surface area contributed by atoms with E-state index in [0.29, 0.717) is 5.76 Å². The molecule has 0 heterocycles. The Kier molecular flexibility index (Phi) is 2.92. The highest BCUT2D eigenvalue weighted by atomic mass is 16.5. The van der Waals surface area contributed by atoms with E-state index in [9.17, 15) is 4.79 Å². The first-order chi connectivity index (χ1) is 3.66. The van der Waals surface area contributed by atoms with Gasteiger partial charge in [0.15, 0.2) is 5.78 Å². The average molecular weight is 114 g/mol. The van der Waals surface area contributed by atoms with Crippen molar-refractivity contribution >= 4 is 5.78 Å². The van der Waals surface area contributed by atoms with Crippen molar-refractivity contribution in [2.45, 2.75) is 13.8 Å². The van der Waals surface area contributed by atoms with Gasteiger partial charge < -0.3 is 4.74 Å². The SMILES string of the molecule is COC(C)=CC(C)=O. The first-order valence-corrected chi connectivity index (χ1v) is 2.39. The minimum Gasteiger partial charge on any atom is -0.501 e. The topological polar surface area (TPSA) is 26.3 Å². The van der Waals surface area contributed by atoms with Gasteiger partial charge in [-0.15, -0.1) is 0 Å². The first kappa shape index (κ1) is 7.21. The zero-order valence-electron chi connectivity index (χ0n) is 5.39. The zero-order valence-corrected chi connectivity index (χ0v) is 5.39. The Morgan fingerprint density at radius 1 is 1.50 bits per heavy atom. The Morgan fingerprint density at radius 3 is 2.12 bits per heavy atom. The summed E-state index contributed by atoms with van der Waals surface area (Å²) in [7, 11) is 1.54. The summed E-state index contributed by atoms with van der Waals surface area (Å²) in [5, 5.41) is 0. The van der Waals surface area contributed by atoms with Gasteiger partial charge in [0.2, 0.25) is 0 Å². The maximum absolute atomic E-state index is 10.3. The molecule has 0 bridgehead atoms. The van der Waals surface area contributed by atoms with Crippen LogP contribution in [0, 0.1) is 0 Å². The normalized spacial score (nSPS) is 11.1. The molecule has 0 radical (unpaired) electrons. The summed E-state index contributed by atoms with van der Waals surface area (Å²) in [4.78, 5) is 10.3. The molecule has 0 aliphatic rings. The number of methoxy groups -OCH3 is 1. The van der Waals surface area contributed by atoms with E-state index < -0.39 is 0 Å². The fourth-order valence-electron chi connectivity index (χ4n) is 0.345. The van der Waals surface area contributed by atoms with Gasteiger partial charge in [0.1, 0.15) is 0 Å². The molecule has 0 aromatic heterocycles. The molecule has 0 aromatic carbocycles. The van der Waals surface area contributed by atoms with E-state index in [1.54, 1.807) is 6.92 Å². The Hall–Kier alpha value is -0.790. The predicted octanol–water partition coefficient (Wildman–Crippen LogP) is 1.13. The quantitative estimate of drug-likeness (QED) is 0.397. The molecule has 0 aromatic rings. The molecule has 0 fully saturated rings. The van der Waals surface area contributed by atoms with E-state index in [-0.39, 0.29) is 5.78 Å². The molecule has 46 valence electrons. The largest absolute Gasteiger partial charge is 0.501 e. The Balaban J connectivity index is 3.75. The van der Waals surface area contributed by atoms with Crippen LogP contribution in [0.15, 0.2) is 11.8 Å². The lowest BCUT2D eigenvalue weighted by Gasteiger charge is -1.93. The summed E-state index contributed by atoms with van der Waals surface area (Å²) >= 11 is 0. The summed E-state index contributed by atoms with van der Waals surface area (Å²) in [5.41, 5.74) is 0. The summed E-state index contributed by atoms with van der Waals surface area (Å²) < 4.78 is 4.70. The molecule has 2 heteroatoms. The second-order valence-corrected chi connectivity index (χ2v) is 1.57. The van der Waals surface area contributed by atoms with Crippen LogP contribution < -0.4 is 0 Å². The van der Waals surface area contributed by atoms with Gasteiger partial charge in [-0.3, -0.25) is 4.79 Å². The van der Waals surface area contributed by atoms with E-state index in [0.717, 1.165) is 0 Å². The van der Waals surface area contributed by atoms with Crippen LogP contribution in [0.2, 0.25) is 0 Å². The second kappa shape index (κ2) is 3.24. The maximum Gasteiger partial charge on any atom is 0.155 e. The Bertz CT molecular complexity index is 114. The van der Waals surface area contributed by atoms with Crippen molar-refractivity contribution in [1.29, 1.82) is 0 Å². The third kappa shape index (κ3) is 3.40. The smallest absolute Gasteiger partial charge is 0.155 e. The van der Waals surface area contributed by atoms with Gasteiger partial charge in [0, 0.05) is 6.08 Å². The van der Waals surface area contributed by atoms with Crippen LogP contribution in [0.5, 0.6) is 0 Å². The highest BCUT2D eigenvalue weighted by Crippen LogP contribution is 1.90. The van der Waals surface area contributed by atoms with Crippen molar-refractivity contribution in [3.05, 3.63) is 11.8 Å². The summed E-state index contributed by atoms with van der Waals surface area (Å²) in [6, 6.07) is 0. The van der Waals surface area contributed by atoms with E-state index >= 15 is 0 Å². The maximum atomic E-state index is 10.3. The van der Waals surface area contributed by atoms with Crippen molar-refractivity contribution < 1.29 is 9.53 Å². The minimum absolute atomic E-state index is 0.0179. The molecule has 0 aliphatic carbocycles. The number of hydrogen-bond donors (Lipinski definition) is 0. The molecule has 0 aliphatic heterocycles. The van der Waals surface area contributed by atoms with Crippen LogP contribution in [0.3, 0.4) is 0 Å². The summed E-state index contributed by atoms with van der Waals surface area (Å²) in [6.45, 7) is 3.23. The number of carbonyl (C=O) groups excluding carboxylic acids is 1. The minimum atomic E-state index is 0.0179. The van der Waals surface area contributed by atoms with Crippen LogP contribution in [0.1, 0.15) is 13.8 Å². The molecule has 0 unspecified atom stereocenters. The molecule has 0 rings (SSSR count). The summed E-state index contributed by atoms with van der Waals surface area (Å²) in [5.74, 6) is 0.668. The third-order valence-electron chi connectivity index (χ3n) is 0.729. The number of ketones is 1. The van der Waals surface area contributed by atoms with E-state index in [1.807, 2.05) is 0 Å². The van der Waals surface area contributed by atoms with Crippen LogP contribution in [-0.4, -0.2) is 12.9 Å². The lowest BCUT2D eigenvalue weighted by Crippen LogP contribution is -1.86. The molecule has 2 nitrogen and oxygen atoms in total. The van der Waals surface area contributed by atoms with Crippen LogP contribution in [0.25, 0.3) is 0 Å². The molecule has 0 amide bonds. The molecule has 0 saturated heterocycles. The van der Waals surface area contributed by atoms with E-state index in [4.69, 9.17) is 4.74 Å². The molecular weight excluding hydrogens is 104 g/mol. The number of rotatable bonds is 2. The monoisotopic (exact) mass is 114 g/mol. The standard InChI is InChI=1S/C6H10O2/c1-5(7)4-6(2)8-3/h4H,1-3H3. The van der Waals surface area contributed by atoms with Crippen molar-refractivity contribution in [3.8, 4) is 0 Å². The van der Waals surface area contributed by atoms with Gasteiger partial charge in [-0.25, -0.2) is 0 Å². The van der Waals surface area contributed by atoms with E-state index in [2.05, 4.69) is 0 Å². The molecule has 0 saturated carbocycles. The number of hydrogen-bond acceptors (Lipinski definition) is 2. The predicted molar refractivity (Wildman–Crippen MR) is 31.4 cm³/mol. The highest BCUT2D eigenvalue weighted by Gasteiger charge is 1.86. The van der Waals surface area contributed by atoms with Crippen molar-refractivity contribution in [1.82, 2.24) is 0 Å². The van der Waals surface area contributed by atoms with Crippen LogP contribution in [0.4, 0.5) is 0 Å². The Labute approximate surface area is 49.1 Å². The molecule has 0 spiro atoms. The number of ether oxygens (including phenoxy) is 1. The number of allylic oxidation sites excluding steroid dienone is 2. The van der Waals surface area contributed by atoms with Crippen molar-refractivity contribution in [2.75, 3.05) is 7.11 Å². The zero-order chi connectivity index (χ0) is 6.57. The second-order valence-electron chi connectivity index (χ2n) is 1.57. The fourth-order valence-corrected chi connectivity index (χ4v) is 0.345. The fraction of sp³-hybridized carbons (Fsp3) is 0.500. The van der Waals surface area contributed by atoms with Crippen LogP contribution in [-0.2, 0) is 9.53 Å². The lowest BCUT2D eigenvalue weighted by atomic mass is 10.4. The van der Waals surface area contributed by atoms with Gasteiger partial charge in [-0.05, 0) is 13.8 Å². The van der Waals surface area contributed by atoms with Gasteiger partial charge in [0.05, 0.1) is 12.9 Å². The summed E-state index contributed by atoms with van der Waals surface area (Å²) in [6.07, 6.45) is 1.44. The van der Waals surface area contributed by atoms with Crippen molar-refractivity contribution in [2.24, 2.45) is 0 Å². The number of carbonyl (C=O) groups is 1. The van der Waals surface area contributed by atoms with Gasteiger partial charge in [-0.1, -0.05) is 0 Å². The highest BCUT2D eigenvalue weighted by molar-refractivity contribution is 5.87. The molecular formula is C6H10O2. The van der Waals surface area contributed by atoms with Gasteiger partial charge in [0.25, 0.3) is 0 Å². The molecule has 0 atom stereocenters. The Morgan fingerprint density at radius 2 is 2.00 bits per heavy atom. The average Bonchev–Trinajstić information content (AvgIpc) is 1.65. The third-order valence-corrected chi connectivity index (χ3v) is 0.729. The van der Waals surface area contributed by atoms with E-state index in [1.165, 1.54) is 20.1 Å². The molecule has 8 heavy (non-hydrogen) atoms.